The molecule has 1 N–H and O–H groups in total. The maximum atomic E-state index is 12.1. The molecule has 0 bridgehead atoms. The van der Waals surface area contributed by atoms with E-state index in [0.29, 0.717) is 17.9 Å². The minimum Gasteiger partial charge on any atom is -0.483 e. The first-order valence-electron chi connectivity index (χ1n) is 9.22. The molecule has 2 aromatic rings. The Morgan fingerprint density at radius 1 is 1.27 bits per heavy atom. The fourth-order valence-electron chi connectivity index (χ4n) is 3.85. The highest BCUT2D eigenvalue weighted by Crippen LogP contribution is 2.35. The lowest BCUT2D eigenvalue weighted by atomic mass is 10.0. The Morgan fingerprint density at radius 2 is 2.12 bits per heavy atom. The second-order valence-corrected chi connectivity index (χ2v) is 7.06. The van der Waals surface area contributed by atoms with Gasteiger partial charge in [0.25, 0.3) is 5.91 Å². The molecule has 1 saturated heterocycles. The van der Waals surface area contributed by atoms with E-state index >= 15 is 0 Å². The molecular weight excluding hydrogens is 334 g/mol. The molecule has 4 rings (SSSR count). The molecule has 1 fully saturated rings. The number of nitrogens with one attached hydrogen (secondary N) is 1. The molecule has 138 valence electrons. The van der Waals surface area contributed by atoms with Crippen LogP contribution in [0.15, 0.2) is 21.3 Å². The van der Waals surface area contributed by atoms with Gasteiger partial charge >= 0.3 is 5.63 Å². The number of hydrogen-bond donors (Lipinski definition) is 1. The molecule has 2 aliphatic rings. The van der Waals surface area contributed by atoms with Crippen LogP contribution in [0.1, 0.15) is 36.0 Å². The van der Waals surface area contributed by atoms with Crippen LogP contribution in [-0.2, 0) is 22.4 Å². The van der Waals surface area contributed by atoms with E-state index in [0.717, 1.165) is 60.8 Å². The van der Waals surface area contributed by atoms with Crippen molar-refractivity contribution >= 4 is 16.9 Å². The second kappa shape index (κ2) is 7.11. The number of aryl methyl sites for hydroxylation is 2. The molecule has 6 heteroatoms. The minimum absolute atomic E-state index is 0.0703. The van der Waals surface area contributed by atoms with Gasteiger partial charge in [-0.05, 0) is 62.3 Å². The van der Waals surface area contributed by atoms with Crippen molar-refractivity contribution in [1.29, 1.82) is 0 Å². The number of carbonyl (C=O) groups excluding carboxylic acids is 1. The van der Waals surface area contributed by atoms with E-state index in [1.54, 1.807) is 0 Å². The maximum Gasteiger partial charge on any atom is 0.339 e. The average Bonchev–Trinajstić information content (AvgIpc) is 3.29. The highest BCUT2D eigenvalue weighted by Gasteiger charge is 2.23. The first-order chi connectivity index (χ1) is 12.6. The van der Waals surface area contributed by atoms with E-state index in [2.05, 4.69) is 5.32 Å². The zero-order valence-corrected chi connectivity index (χ0v) is 14.9. The predicted molar refractivity (Wildman–Crippen MR) is 96.7 cm³/mol. The van der Waals surface area contributed by atoms with Crippen LogP contribution in [0.5, 0.6) is 5.75 Å². The van der Waals surface area contributed by atoms with Crippen molar-refractivity contribution in [3.05, 3.63) is 39.2 Å². The summed E-state index contributed by atoms with van der Waals surface area (Å²) in [5.41, 5.74) is 2.95. The number of fused-ring (bicyclic) bond motifs is 3. The van der Waals surface area contributed by atoms with Gasteiger partial charge in [-0.25, -0.2) is 4.79 Å². The summed E-state index contributed by atoms with van der Waals surface area (Å²) in [6.07, 6.45) is 4.65. The maximum absolute atomic E-state index is 12.1. The predicted octanol–water partition coefficient (Wildman–Crippen LogP) is 2.26. The van der Waals surface area contributed by atoms with Gasteiger partial charge in [0.15, 0.2) is 6.61 Å². The monoisotopic (exact) mass is 357 g/mol. The van der Waals surface area contributed by atoms with Gasteiger partial charge in [0, 0.05) is 18.7 Å². The summed E-state index contributed by atoms with van der Waals surface area (Å²) in [4.78, 5) is 24.3. The van der Waals surface area contributed by atoms with Gasteiger partial charge in [0.05, 0.1) is 11.5 Å². The smallest absolute Gasteiger partial charge is 0.339 e. The van der Waals surface area contributed by atoms with Crippen LogP contribution in [0.2, 0.25) is 0 Å². The van der Waals surface area contributed by atoms with Gasteiger partial charge in [-0.15, -0.1) is 0 Å². The van der Waals surface area contributed by atoms with Crippen molar-refractivity contribution in [1.82, 2.24) is 5.32 Å². The molecular formula is C20H23NO5. The van der Waals surface area contributed by atoms with Crippen molar-refractivity contribution in [2.45, 2.75) is 45.1 Å². The molecule has 2 heterocycles. The van der Waals surface area contributed by atoms with Crippen LogP contribution in [0.4, 0.5) is 0 Å². The number of benzene rings is 1. The van der Waals surface area contributed by atoms with E-state index < -0.39 is 0 Å². The summed E-state index contributed by atoms with van der Waals surface area (Å²) >= 11 is 0. The molecule has 0 unspecified atom stereocenters. The molecule has 1 aliphatic carbocycles. The first kappa shape index (κ1) is 17.1. The average molecular weight is 357 g/mol. The lowest BCUT2D eigenvalue weighted by molar-refractivity contribution is -0.123. The summed E-state index contributed by atoms with van der Waals surface area (Å²) in [6.45, 7) is 3.12. The number of amides is 1. The zero-order chi connectivity index (χ0) is 18.1. The minimum atomic E-state index is -0.254. The van der Waals surface area contributed by atoms with E-state index in [4.69, 9.17) is 13.9 Å². The molecule has 0 radical (unpaired) electrons. The van der Waals surface area contributed by atoms with Crippen LogP contribution < -0.4 is 15.7 Å². The van der Waals surface area contributed by atoms with E-state index in [1.165, 1.54) is 0 Å². The van der Waals surface area contributed by atoms with Crippen LogP contribution in [-0.4, -0.2) is 31.8 Å². The van der Waals surface area contributed by atoms with Gasteiger partial charge in [0.1, 0.15) is 11.3 Å². The Morgan fingerprint density at radius 3 is 2.92 bits per heavy atom. The summed E-state index contributed by atoms with van der Waals surface area (Å²) < 4.78 is 16.8. The molecule has 6 nitrogen and oxygen atoms in total. The molecule has 26 heavy (non-hydrogen) atoms. The van der Waals surface area contributed by atoms with Crippen molar-refractivity contribution in [2.24, 2.45) is 0 Å². The third-order valence-electron chi connectivity index (χ3n) is 5.09. The van der Waals surface area contributed by atoms with E-state index in [-0.39, 0.29) is 24.2 Å². The van der Waals surface area contributed by atoms with Crippen molar-refractivity contribution in [3.63, 3.8) is 0 Å². The van der Waals surface area contributed by atoms with Crippen molar-refractivity contribution < 1.29 is 18.7 Å². The van der Waals surface area contributed by atoms with Gasteiger partial charge in [0.2, 0.25) is 0 Å². The SMILES string of the molecule is Cc1cc(OCC(=O)NC[C@@H]2CCCO2)c2c3c(c(=O)oc2c1)CCC3. The Hall–Kier alpha value is -2.34. The van der Waals surface area contributed by atoms with Crippen LogP contribution in [0.3, 0.4) is 0 Å². The molecule has 0 spiro atoms. The van der Waals surface area contributed by atoms with Crippen molar-refractivity contribution in [2.75, 3.05) is 19.8 Å². The van der Waals surface area contributed by atoms with Crippen LogP contribution in [0, 0.1) is 6.92 Å². The normalized spacial score (nSPS) is 18.9. The first-order valence-corrected chi connectivity index (χ1v) is 9.22. The van der Waals surface area contributed by atoms with Gasteiger partial charge < -0.3 is 19.2 Å². The topological polar surface area (TPSA) is 77.8 Å². The summed E-state index contributed by atoms with van der Waals surface area (Å²) in [5, 5.41) is 3.68. The highest BCUT2D eigenvalue weighted by molar-refractivity contribution is 5.89. The third kappa shape index (κ3) is 3.33. The number of carbonyl (C=O) groups is 1. The molecule has 0 saturated carbocycles. The Kier molecular flexibility index (Phi) is 4.68. The zero-order valence-electron chi connectivity index (χ0n) is 14.9. The molecule has 1 amide bonds. The van der Waals surface area contributed by atoms with Gasteiger partial charge in [-0.2, -0.15) is 0 Å². The summed E-state index contributed by atoms with van der Waals surface area (Å²) in [6, 6.07) is 3.74. The van der Waals surface area contributed by atoms with E-state index in [1.807, 2.05) is 19.1 Å². The second-order valence-electron chi connectivity index (χ2n) is 7.06. The highest BCUT2D eigenvalue weighted by atomic mass is 16.5. The van der Waals surface area contributed by atoms with Crippen LogP contribution >= 0.6 is 0 Å². The van der Waals surface area contributed by atoms with Gasteiger partial charge in [-0.3, -0.25) is 4.79 Å². The fourth-order valence-corrected chi connectivity index (χ4v) is 3.85. The third-order valence-corrected chi connectivity index (χ3v) is 5.09. The largest absolute Gasteiger partial charge is 0.483 e. The standard InChI is InChI=1S/C20H23NO5/c1-12-8-16(25-11-18(22)21-10-13-4-3-7-24-13)19-14-5-2-6-15(14)20(23)26-17(19)9-12/h8-9,13H,2-7,10-11H2,1H3,(H,21,22)/t13-/m0/s1. The lowest BCUT2D eigenvalue weighted by Gasteiger charge is -2.14. The summed E-state index contributed by atoms with van der Waals surface area (Å²) in [5.74, 6) is 0.429. The Balaban J connectivity index is 1.53. The Bertz CT molecular complexity index is 895. The quantitative estimate of drug-likeness (QED) is 0.831. The number of ether oxygens (including phenoxy) is 2. The Labute approximate surface area is 151 Å². The summed E-state index contributed by atoms with van der Waals surface area (Å²) in [7, 11) is 0. The number of rotatable bonds is 5. The fraction of sp³-hybridized carbons (Fsp3) is 0.500. The molecule has 1 aromatic carbocycles. The van der Waals surface area contributed by atoms with Crippen LogP contribution in [0.25, 0.3) is 11.0 Å². The van der Waals surface area contributed by atoms with Crippen molar-refractivity contribution in [3.8, 4) is 5.75 Å². The molecule has 1 aliphatic heterocycles. The molecule has 1 aromatic heterocycles. The lowest BCUT2D eigenvalue weighted by Crippen LogP contribution is -2.35. The van der Waals surface area contributed by atoms with Gasteiger partial charge in [-0.1, -0.05) is 0 Å². The van der Waals surface area contributed by atoms with E-state index in [9.17, 15) is 9.59 Å². The molecule has 1 atom stereocenters. The number of hydrogen-bond acceptors (Lipinski definition) is 5.